The van der Waals surface area contributed by atoms with E-state index < -0.39 is 10.0 Å². The SMILES string of the molecule is COc1ccccc1C(CNC(=O)c1ccc(C)c(S(=O)(=O)N2CCOCC2)c1)N1CCCC1. The van der Waals surface area contributed by atoms with E-state index >= 15 is 0 Å². The number of amides is 1. The molecule has 9 heteroatoms. The van der Waals surface area contributed by atoms with Crippen LogP contribution in [0.3, 0.4) is 0 Å². The van der Waals surface area contributed by atoms with Crippen molar-refractivity contribution in [1.29, 1.82) is 0 Å². The van der Waals surface area contributed by atoms with Crippen LogP contribution in [0.1, 0.15) is 40.4 Å². The van der Waals surface area contributed by atoms with E-state index in [1.807, 2.05) is 24.3 Å². The molecule has 2 saturated heterocycles. The summed E-state index contributed by atoms with van der Waals surface area (Å²) in [6.07, 6.45) is 2.25. The first kappa shape index (κ1) is 24.7. The molecule has 4 rings (SSSR count). The number of methoxy groups -OCH3 is 1. The number of rotatable bonds is 8. The number of carbonyl (C=O) groups is 1. The van der Waals surface area contributed by atoms with Crippen LogP contribution in [0.4, 0.5) is 0 Å². The Morgan fingerprint density at radius 1 is 1.09 bits per heavy atom. The topological polar surface area (TPSA) is 88.2 Å². The lowest BCUT2D eigenvalue weighted by Crippen LogP contribution is -2.41. The van der Waals surface area contributed by atoms with Crippen molar-refractivity contribution >= 4 is 15.9 Å². The van der Waals surface area contributed by atoms with E-state index in [9.17, 15) is 13.2 Å². The van der Waals surface area contributed by atoms with E-state index in [1.54, 1.807) is 26.2 Å². The second kappa shape index (κ2) is 10.9. The molecule has 8 nitrogen and oxygen atoms in total. The first-order chi connectivity index (χ1) is 16.4. The Morgan fingerprint density at radius 3 is 2.50 bits per heavy atom. The fraction of sp³-hybridized carbons (Fsp3) is 0.480. The minimum absolute atomic E-state index is 0.0235. The summed E-state index contributed by atoms with van der Waals surface area (Å²) in [6, 6.07) is 12.7. The smallest absolute Gasteiger partial charge is 0.251 e. The maximum absolute atomic E-state index is 13.2. The van der Waals surface area contributed by atoms with Crippen LogP contribution in [0.25, 0.3) is 0 Å². The Hall–Kier alpha value is -2.46. The molecule has 0 bridgehead atoms. The molecule has 1 N–H and O–H groups in total. The van der Waals surface area contributed by atoms with Crippen LogP contribution in [0, 0.1) is 6.92 Å². The van der Waals surface area contributed by atoms with Crippen molar-refractivity contribution in [3.63, 3.8) is 0 Å². The third-order valence-corrected chi connectivity index (χ3v) is 8.61. The van der Waals surface area contributed by atoms with Crippen molar-refractivity contribution < 1.29 is 22.7 Å². The maximum Gasteiger partial charge on any atom is 0.251 e. The van der Waals surface area contributed by atoms with Crippen molar-refractivity contribution in [2.45, 2.75) is 30.7 Å². The lowest BCUT2D eigenvalue weighted by molar-refractivity contribution is 0.0730. The lowest BCUT2D eigenvalue weighted by Gasteiger charge is -2.29. The highest BCUT2D eigenvalue weighted by molar-refractivity contribution is 7.89. The van der Waals surface area contributed by atoms with Crippen LogP contribution < -0.4 is 10.1 Å². The van der Waals surface area contributed by atoms with Gasteiger partial charge in [0, 0.05) is 30.8 Å². The van der Waals surface area contributed by atoms with E-state index in [0.29, 0.717) is 44.0 Å². The number of benzene rings is 2. The molecule has 0 spiro atoms. The number of sulfonamides is 1. The van der Waals surface area contributed by atoms with Crippen molar-refractivity contribution in [2.24, 2.45) is 0 Å². The summed E-state index contributed by atoms with van der Waals surface area (Å²) in [4.78, 5) is 15.7. The Bertz CT molecular complexity index is 1110. The average molecular weight is 488 g/mol. The first-order valence-corrected chi connectivity index (χ1v) is 13.2. The molecule has 0 aliphatic carbocycles. The van der Waals surface area contributed by atoms with Gasteiger partial charge in [0.2, 0.25) is 10.0 Å². The Balaban J connectivity index is 1.54. The number of ether oxygens (including phenoxy) is 2. The van der Waals surface area contributed by atoms with Gasteiger partial charge in [0.25, 0.3) is 5.91 Å². The second-order valence-corrected chi connectivity index (χ2v) is 10.6. The van der Waals surface area contributed by atoms with Crippen LogP contribution in [0.15, 0.2) is 47.4 Å². The normalized spacial score (nSPS) is 18.5. The number of nitrogens with zero attached hydrogens (tertiary/aromatic N) is 2. The third kappa shape index (κ3) is 5.27. The number of aryl methyl sites for hydroxylation is 1. The Kier molecular flexibility index (Phi) is 7.88. The van der Waals surface area contributed by atoms with E-state index in [0.717, 1.165) is 37.2 Å². The summed E-state index contributed by atoms with van der Waals surface area (Å²) in [5.41, 5.74) is 1.98. The van der Waals surface area contributed by atoms with Crippen LogP contribution in [0.2, 0.25) is 0 Å². The molecule has 1 atom stereocenters. The third-order valence-electron chi connectivity index (χ3n) is 6.57. The number of nitrogens with one attached hydrogen (secondary N) is 1. The van der Waals surface area contributed by atoms with Crippen LogP contribution >= 0.6 is 0 Å². The van der Waals surface area contributed by atoms with Gasteiger partial charge in [0.1, 0.15) is 5.75 Å². The minimum atomic E-state index is -3.70. The predicted octanol–water partition coefficient (Wildman–Crippen LogP) is 2.59. The number of hydrogen-bond acceptors (Lipinski definition) is 6. The van der Waals surface area contributed by atoms with E-state index in [2.05, 4.69) is 10.2 Å². The monoisotopic (exact) mass is 487 g/mol. The molecular formula is C25H33N3O5S. The standard InChI is InChI=1S/C25H33N3O5S/c1-19-9-10-20(17-24(19)34(30,31)28-13-15-33-16-14-28)25(29)26-18-22(27-11-5-6-12-27)21-7-3-4-8-23(21)32-2/h3-4,7-10,17,22H,5-6,11-16,18H2,1-2H3,(H,26,29). The molecule has 0 saturated carbocycles. The van der Waals surface area contributed by atoms with Gasteiger partial charge in [-0.05, 0) is 56.6 Å². The molecule has 1 unspecified atom stereocenters. The van der Waals surface area contributed by atoms with E-state index in [-0.39, 0.29) is 16.8 Å². The zero-order valence-corrected chi connectivity index (χ0v) is 20.6. The molecule has 184 valence electrons. The molecule has 2 aromatic rings. The van der Waals surface area contributed by atoms with Crippen molar-refractivity contribution in [2.75, 3.05) is 53.0 Å². The maximum atomic E-state index is 13.2. The van der Waals surface area contributed by atoms with Crippen LogP contribution in [-0.4, -0.2) is 76.6 Å². The zero-order valence-electron chi connectivity index (χ0n) is 19.8. The van der Waals surface area contributed by atoms with Gasteiger partial charge in [-0.25, -0.2) is 8.42 Å². The van der Waals surface area contributed by atoms with Crippen LogP contribution in [-0.2, 0) is 14.8 Å². The fourth-order valence-electron chi connectivity index (χ4n) is 4.67. The van der Waals surface area contributed by atoms with Gasteiger partial charge < -0.3 is 14.8 Å². The molecular weight excluding hydrogens is 454 g/mol. The molecule has 0 radical (unpaired) electrons. The summed E-state index contributed by atoms with van der Waals surface area (Å²) >= 11 is 0. The molecule has 2 fully saturated rings. The Labute approximate surface area is 201 Å². The Morgan fingerprint density at radius 2 is 1.79 bits per heavy atom. The predicted molar refractivity (Wildman–Crippen MR) is 130 cm³/mol. The number of morpholine rings is 1. The number of likely N-dealkylation sites (tertiary alicyclic amines) is 1. The molecule has 2 aromatic carbocycles. The van der Waals surface area contributed by atoms with Gasteiger partial charge in [0.05, 0.1) is 31.3 Å². The molecule has 34 heavy (non-hydrogen) atoms. The highest BCUT2D eigenvalue weighted by atomic mass is 32.2. The van der Waals surface area contributed by atoms with Gasteiger partial charge in [-0.15, -0.1) is 0 Å². The number of para-hydroxylation sites is 1. The van der Waals surface area contributed by atoms with Gasteiger partial charge in [-0.1, -0.05) is 24.3 Å². The van der Waals surface area contributed by atoms with Crippen molar-refractivity contribution in [1.82, 2.24) is 14.5 Å². The summed E-state index contributed by atoms with van der Waals surface area (Å²) in [5, 5.41) is 3.04. The van der Waals surface area contributed by atoms with Crippen molar-refractivity contribution in [3.05, 3.63) is 59.2 Å². The molecule has 1 amide bonds. The van der Waals surface area contributed by atoms with Gasteiger partial charge in [0.15, 0.2) is 0 Å². The van der Waals surface area contributed by atoms with E-state index in [1.165, 1.54) is 10.4 Å². The highest BCUT2D eigenvalue weighted by Crippen LogP contribution is 2.31. The average Bonchev–Trinajstić information content (AvgIpc) is 3.39. The zero-order chi connectivity index (χ0) is 24.1. The van der Waals surface area contributed by atoms with Gasteiger partial charge in [-0.2, -0.15) is 4.31 Å². The molecule has 2 aliphatic heterocycles. The lowest BCUT2D eigenvalue weighted by atomic mass is 10.0. The summed E-state index contributed by atoms with van der Waals surface area (Å²) in [7, 11) is -2.04. The number of carbonyl (C=O) groups excluding carboxylic acids is 1. The molecule has 0 aromatic heterocycles. The van der Waals surface area contributed by atoms with E-state index in [4.69, 9.17) is 9.47 Å². The van der Waals surface area contributed by atoms with Gasteiger partial charge in [-0.3, -0.25) is 9.69 Å². The van der Waals surface area contributed by atoms with Crippen molar-refractivity contribution in [3.8, 4) is 5.75 Å². The number of hydrogen-bond donors (Lipinski definition) is 1. The summed E-state index contributed by atoms with van der Waals surface area (Å²) < 4.78 is 38.7. The highest BCUT2D eigenvalue weighted by Gasteiger charge is 2.29. The fourth-order valence-corrected chi connectivity index (χ4v) is 6.33. The second-order valence-electron chi connectivity index (χ2n) is 8.71. The molecule has 2 heterocycles. The summed E-state index contributed by atoms with van der Waals surface area (Å²) in [6.45, 7) is 5.46. The van der Waals surface area contributed by atoms with Crippen LogP contribution in [0.5, 0.6) is 5.75 Å². The van der Waals surface area contributed by atoms with Gasteiger partial charge >= 0.3 is 0 Å². The quantitative estimate of drug-likeness (QED) is 0.616. The largest absolute Gasteiger partial charge is 0.496 e. The molecule has 2 aliphatic rings. The first-order valence-electron chi connectivity index (χ1n) is 11.8. The summed E-state index contributed by atoms with van der Waals surface area (Å²) in [5.74, 6) is 0.500. The minimum Gasteiger partial charge on any atom is -0.496 e.